The summed E-state index contributed by atoms with van der Waals surface area (Å²) in [5.74, 6) is -0.264. The quantitative estimate of drug-likeness (QED) is 0.548. The molecule has 3 rings (SSSR count). The number of hydrogen-bond donors (Lipinski definition) is 2. The van der Waals surface area contributed by atoms with Gasteiger partial charge in [0.05, 0.1) is 13.6 Å². The number of benzene rings is 3. The summed E-state index contributed by atoms with van der Waals surface area (Å²) in [5.41, 5.74) is 4.19. The molecule has 0 aliphatic rings. The second kappa shape index (κ2) is 11.3. The normalized spacial score (nSPS) is 11.8. The topological polar surface area (TPSA) is 53.9 Å². The summed E-state index contributed by atoms with van der Waals surface area (Å²) in [4.78, 5) is 28.1. The van der Waals surface area contributed by atoms with Gasteiger partial charge in [-0.3, -0.25) is 9.59 Å². The minimum Gasteiger partial charge on any atom is -0.332 e. The minimum absolute atomic E-state index is 0.0193. The van der Waals surface area contributed by atoms with E-state index in [0.29, 0.717) is 0 Å². The summed E-state index contributed by atoms with van der Waals surface area (Å²) < 4.78 is 0. The molecule has 0 heterocycles. The molecule has 1 unspecified atom stereocenters. The minimum atomic E-state index is -0.193. The lowest BCUT2D eigenvalue weighted by Crippen LogP contribution is -3.10. The zero-order valence-electron chi connectivity index (χ0n) is 19.0. The Kier molecular flexibility index (Phi) is 8.17. The number of nitrogens with one attached hydrogen (secondary N) is 2. The van der Waals surface area contributed by atoms with Crippen LogP contribution in [-0.4, -0.2) is 43.9 Å². The van der Waals surface area contributed by atoms with Crippen molar-refractivity contribution in [1.29, 1.82) is 0 Å². The number of rotatable bonds is 9. The van der Waals surface area contributed by atoms with Crippen LogP contribution in [0.5, 0.6) is 0 Å². The largest absolute Gasteiger partial charge is 0.332 e. The van der Waals surface area contributed by atoms with E-state index >= 15 is 0 Å². The summed E-state index contributed by atoms with van der Waals surface area (Å²) >= 11 is 0. The zero-order chi connectivity index (χ0) is 22.9. The van der Waals surface area contributed by atoms with Gasteiger partial charge in [-0.15, -0.1) is 0 Å². The highest BCUT2D eigenvalue weighted by Gasteiger charge is 2.26. The molecule has 2 N–H and O–H groups in total. The third-order valence-electron chi connectivity index (χ3n) is 5.67. The van der Waals surface area contributed by atoms with Crippen LogP contribution in [0.2, 0.25) is 0 Å². The first kappa shape index (κ1) is 23.2. The van der Waals surface area contributed by atoms with Crippen LogP contribution in [0.3, 0.4) is 0 Å². The van der Waals surface area contributed by atoms with Crippen molar-refractivity contribution >= 4 is 17.5 Å². The van der Waals surface area contributed by atoms with E-state index in [1.807, 2.05) is 67.7 Å². The standard InChI is InChI=1S/C27H31N3O2/c1-4-21-13-11-12-18-24(21)28-25(31)19-29(2)26(32)20-30(3)27(22-14-7-5-8-15-22)23-16-9-6-10-17-23/h5-18,27H,4,19-20H2,1-3H3,(H,28,31)/p+1. The van der Waals surface area contributed by atoms with Crippen LogP contribution in [-0.2, 0) is 16.0 Å². The number of nitrogens with zero attached hydrogens (tertiary/aromatic N) is 1. The van der Waals surface area contributed by atoms with Gasteiger partial charge < -0.3 is 15.1 Å². The lowest BCUT2D eigenvalue weighted by molar-refractivity contribution is -0.898. The molecule has 32 heavy (non-hydrogen) atoms. The Morgan fingerprint density at radius 1 is 0.875 bits per heavy atom. The van der Waals surface area contributed by atoms with Crippen molar-refractivity contribution < 1.29 is 14.5 Å². The third kappa shape index (κ3) is 6.05. The van der Waals surface area contributed by atoms with Crippen LogP contribution in [0.25, 0.3) is 0 Å². The van der Waals surface area contributed by atoms with Crippen molar-refractivity contribution in [3.05, 3.63) is 102 Å². The highest BCUT2D eigenvalue weighted by Crippen LogP contribution is 2.18. The smallest absolute Gasteiger partial charge is 0.277 e. The van der Waals surface area contributed by atoms with E-state index in [-0.39, 0.29) is 30.9 Å². The number of likely N-dealkylation sites (N-methyl/N-ethyl adjacent to an activating group) is 2. The predicted molar refractivity (Wildman–Crippen MR) is 129 cm³/mol. The molecule has 1 atom stereocenters. The zero-order valence-corrected chi connectivity index (χ0v) is 19.0. The van der Waals surface area contributed by atoms with E-state index in [2.05, 4.69) is 36.5 Å². The molecule has 5 heteroatoms. The molecule has 0 bridgehead atoms. The van der Waals surface area contributed by atoms with Gasteiger partial charge in [0.2, 0.25) is 5.91 Å². The van der Waals surface area contributed by atoms with Crippen molar-refractivity contribution in [1.82, 2.24) is 4.90 Å². The fourth-order valence-electron chi connectivity index (χ4n) is 3.97. The number of hydrogen-bond acceptors (Lipinski definition) is 2. The van der Waals surface area contributed by atoms with Crippen LogP contribution < -0.4 is 10.2 Å². The molecule has 5 nitrogen and oxygen atoms in total. The molecule has 3 aromatic rings. The molecular weight excluding hydrogens is 398 g/mol. The van der Waals surface area contributed by atoms with Crippen molar-refractivity contribution in [2.45, 2.75) is 19.4 Å². The van der Waals surface area contributed by atoms with Crippen molar-refractivity contribution in [2.75, 3.05) is 32.5 Å². The molecule has 0 aliphatic heterocycles. The van der Waals surface area contributed by atoms with Crippen LogP contribution in [0, 0.1) is 0 Å². The van der Waals surface area contributed by atoms with Gasteiger partial charge in [-0.1, -0.05) is 85.8 Å². The number of anilines is 1. The molecule has 0 aromatic heterocycles. The van der Waals surface area contributed by atoms with Gasteiger partial charge >= 0.3 is 0 Å². The van der Waals surface area contributed by atoms with Crippen LogP contribution in [0.4, 0.5) is 5.69 Å². The first-order chi connectivity index (χ1) is 15.5. The summed E-state index contributed by atoms with van der Waals surface area (Å²) in [6.45, 7) is 2.35. The Bertz CT molecular complexity index is 982. The maximum absolute atomic E-state index is 13.0. The Labute approximate surface area is 190 Å². The molecule has 2 amide bonds. The van der Waals surface area contributed by atoms with Crippen LogP contribution in [0.1, 0.15) is 29.7 Å². The highest BCUT2D eigenvalue weighted by atomic mass is 16.2. The van der Waals surface area contributed by atoms with Crippen molar-refractivity contribution in [3.63, 3.8) is 0 Å². The number of amides is 2. The lowest BCUT2D eigenvalue weighted by atomic mass is 9.97. The Morgan fingerprint density at radius 3 is 1.97 bits per heavy atom. The first-order valence-electron chi connectivity index (χ1n) is 11.0. The van der Waals surface area contributed by atoms with Crippen LogP contribution >= 0.6 is 0 Å². The van der Waals surface area contributed by atoms with Gasteiger partial charge in [0, 0.05) is 23.9 Å². The number of carbonyl (C=O) groups excluding carboxylic acids is 2. The molecule has 3 aromatic carbocycles. The number of carbonyl (C=O) groups is 2. The maximum Gasteiger partial charge on any atom is 0.277 e. The van der Waals surface area contributed by atoms with Gasteiger partial charge in [-0.25, -0.2) is 0 Å². The monoisotopic (exact) mass is 430 g/mol. The lowest BCUT2D eigenvalue weighted by Gasteiger charge is -2.27. The predicted octanol–water partition coefficient (Wildman–Crippen LogP) is 2.95. The Morgan fingerprint density at radius 2 is 1.41 bits per heavy atom. The summed E-state index contributed by atoms with van der Waals surface area (Å²) in [7, 11) is 3.70. The molecule has 0 saturated carbocycles. The molecule has 0 fully saturated rings. The third-order valence-corrected chi connectivity index (χ3v) is 5.67. The first-order valence-corrected chi connectivity index (χ1v) is 11.0. The van der Waals surface area contributed by atoms with E-state index in [1.54, 1.807) is 7.05 Å². The van der Waals surface area contributed by atoms with E-state index in [4.69, 9.17) is 0 Å². The second-order valence-electron chi connectivity index (χ2n) is 8.09. The molecule has 0 saturated heterocycles. The summed E-state index contributed by atoms with van der Waals surface area (Å²) in [6.07, 6.45) is 0.833. The van der Waals surface area contributed by atoms with E-state index in [1.165, 1.54) is 4.90 Å². The van der Waals surface area contributed by atoms with E-state index in [9.17, 15) is 9.59 Å². The maximum atomic E-state index is 13.0. The van der Waals surface area contributed by atoms with Crippen molar-refractivity contribution in [2.24, 2.45) is 0 Å². The fraction of sp³-hybridized carbons (Fsp3) is 0.259. The van der Waals surface area contributed by atoms with Gasteiger partial charge in [-0.2, -0.15) is 0 Å². The highest BCUT2D eigenvalue weighted by molar-refractivity contribution is 5.95. The molecule has 166 valence electrons. The SMILES string of the molecule is CCc1ccccc1NC(=O)CN(C)C(=O)C[NH+](C)C(c1ccccc1)c1ccccc1. The average Bonchev–Trinajstić information content (AvgIpc) is 2.81. The number of aryl methyl sites for hydroxylation is 1. The summed E-state index contributed by atoms with van der Waals surface area (Å²) in [5, 5.41) is 2.94. The Hall–Kier alpha value is -3.44. The van der Waals surface area contributed by atoms with Gasteiger partial charge in [0.15, 0.2) is 6.54 Å². The Balaban J connectivity index is 1.65. The van der Waals surface area contributed by atoms with Crippen molar-refractivity contribution in [3.8, 4) is 0 Å². The van der Waals surface area contributed by atoms with E-state index < -0.39 is 0 Å². The molecule has 0 radical (unpaired) electrons. The molecule has 0 aliphatic carbocycles. The summed E-state index contributed by atoms with van der Waals surface area (Å²) in [6, 6.07) is 28.2. The number of quaternary nitrogens is 1. The fourth-order valence-corrected chi connectivity index (χ4v) is 3.97. The van der Waals surface area contributed by atoms with Gasteiger partial charge in [0.1, 0.15) is 6.04 Å². The number of para-hydroxylation sites is 1. The van der Waals surface area contributed by atoms with Gasteiger partial charge in [0.25, 0.3) is 5.91 Å². The molecular formula is C27H32N3O2+. The average molecular weight is 431 g/mol. The van der Waals surface area contributed by atoms with E-state index in [0.717, 1.165) is 33.7 Å². The second-order valence-corrected chi connectivity index (χ2v) is 8.09. The van der Waals surface area contributed by atoms with Gasteiger partial charge in [-0.05, 0) is 18.1 Å². The van der Waals surface area contributed by atoms with Crippen LogP contribution in [0.15, 0.2) is 84.9 Å². The molecule has 0 spiro atoms.